The van der Waals surface area contributed by atoms with Crippen LogP contribution in [-0.4, -0.2) is 52.3 Å². The molecule has 2 aromatic rings. The maximum Gasteiger partial charge on any atom is 0.325 e. The van der Waals surface area contributed by atoms with E-state index in [1.807, 2.05) is 12.1 Å². The number of anilines is 1. The third-order valence-electron chi connectivity index (χ3n) is 7.00. The number of aryl methyl sites for hydroxylation is 1. The Labute approximate surface area is 239 Å². The standard InChI is InChI=1S/C31H45NO7S/c1-4-5-6-7-8-9-10-13-24-18-20-25(21-19-24)31(28(33)16-12-17-29(34)38-2)40(36,37)27-15-11-14-26(22-27)32-23-30(35)39-3/h11,14-15,18-22,28,31-33H,4-10,12-13,16-17,23H2,1-3H3. The summed E-state index contributed by atoms with van der Waals surface area (Å²) in [6.45, 7) is 2.10. The Hall–Kier alpha value is -2.91. The fourth-order valence-corrected chi connectivity index (χ4v) is 6.57. The molecule has 9 heteroatoms. The van der Waals surface area contributed by atoms with Crippen LogP contribution < -0.4 is 5.32 Å². The van der Waals surface area contributed by atoms with Crippen molar-refractivity contribution >= 4 is 27.5 Å². The van der Waals surface area contributed by atoms with Crippen LogP contribution in [0.25, 0.3) is 0 Å². The molecule has 2 atom stereocenters. The number of nitrogens with one attached hydrogen (secondary N) is 1. The summed E-state index contributed by atoms with van der Waals surface area (Å²) in [6, 6.07) is 13.6. The van der Waals surface area contributed by atoms with Crippen molar-refractivity contribution in [3.63, 3.8) is 0 Å². The number of aliphatic hydroxyl groups is 1. The van der Waals surface area contributed by atoms with Gasteiger partial charge in [0, 0.05) is 12.1 Å². The third-order valence-corrected chi connectivity index (χ3v) is 9.16. The molecular formula is C31H45NO7S. The van der Waals surface area contributed by atoms with Crippen LogP contribution in [0.4, 0.5) is 5.69 Å². The highest BCUT2D eigenvalue weighted by atomic mass is 32.2. The number of carbonyl (C=O) groups excluding carboxylic acids is 2. The third kappa shape index (κ3) is 10.9. The van der Waals surface area contributed by atoms with Crippen molar-refractivity contribution in [2.75, 3.05) is 26.1 Å². The van der Waals surface area contributed by atoms with E-state index in [2.05, 4.69) is 21.7 Å². The first-order valence-electron chi connectivity index (χ1n) is 14.2. The first-order chi connectivity index (χ1) is 19.2. The number of esters is 2. The lowest BCUT2D eigenvalue weighted by atomic mass is 9.99. The van der Waals surface area contributed by atoms with Gasteiger partial charge in [0.15, 0.2) is 9.84 Å². The number of sulfone groups is 1. The highest BCUT2D eigenvalue weighted by Crippen LogP contribution is 2.35. The van der Waals surface area contributed by atoms with Gasteiger partial charge in [0.05, 0.1) is 25.2 Å². The lowest BCUT2D eigenvalue weighted by molar-refractivity contribution is -0.141. The predicted octanol–water partition coefficient (Wildman–Crippen LogP) is 5.78. The van der Waals surface area contributed by atoms with Crippen molar-refractivity contribution in [3.05, 3.63) is 59.7 Å². The van der Waals surface area contributed by atoms with Crippen LogP contribution in [0.3, 0.4) is 0 Å². The summed E-state index contributed by atoms with van der Waals surface area (Å²) in [7, 11) is -1.48. The van der Waals surface area contributed by atoms with Crippen LogP contribution in [0, 0.1) is 0 Å². The van der Waals surface area contributed by atoms with Crippen LogP contribution in [0.2, 0.25) is 0 Å². The number of rotatable bonds is 19. The molecule has 0 fully saturated rings. The second-order valence-electron chi connectivity index (χ2n) is 10.1. The van der Waals surface area contributed by atoms with Gasteiger partial charge in [0.1, 0.15) is 11.8 Å². The normalized spacial score (nSPS) is 12.9. The van der Waals surface area contributed by atoms with Crippen molar-refractivity contribution in [2.45, 2.75) is 93.8 Å². The molecule has 2 N–H and O–H groups in total. The van der Waals surface area contributed by atoms with E-state index >= 15 is 0 Å². The van der Waals surface area contributed by atoms with Crippen molar-refractivity contribution in [1.82, 2.24) is 0 Å². The Morgan fingerprint density at radius 1 is 0.875 bits per heavy atom. The number of hydrogen-bond acceptors (Lipinski definition) is 8. The molecule has 40 heavy (non-hydrogen) atoms. The number of hydrogen-bond donors (Lipinski definition) is 2. The Morgan fingerprint density at radius 2 is 1.52 bits per heavy atom. The maximum absolute atomic E-state index is 13.9. The minimum Gasteiger partial charge on any atom is -0.469 e. The first kappa shape index (κ1) is 33.3. The van der Waals surface area contributed by atoms with Gasteiger partial charge >= 0.3 is 11.9 Å². The zero-order valence-corrected chi connectivity index (χ0v) is 24.9. The van der Waals surface area contributed by atoms with Gasteiger partial charge in [-0.1, -0.05) is 75.8 Å². The van der Waals surface area contributed by atoms with Crippen LogP contribution in [0.1, 0.15) is 87.5 Å². The molecule has 0 bridgehead atoms. The van der Waals surface area contributed by atoms with E-state index in [-0.39, 0.29) is 30.7 Å². The van der Waals surface area contributed by atoms with E-state index < -0.39 is 33.1 Å². The number of ether oxygens (including phenoxy) is 2. The smallest absolute Gasteiger partial charge is 0.325 e. The second kappa shape index (κ2) is 17.7. The minimum atomic E-state index is -4.04. The molecule has 0 saturated heterocycles. The molecule has 0 aliphatic carbocycles. The molecule has 0 aromatic heterocycles. The number of benzene rings is 2. The summed E-state index contributed by atoms with van der Waals surface area (Å²) in [5, 5.41) is 12.8. The van der Waals surface area contributed by atoms with E-state index in [4.69, 9.17) is 0 Å². The largest absolute Gasteiger partial charge is 0.469 e. The molecule has 0 aliphatic heterocycles. The Morgan fingerprint density at radius 3 is 2.17 bits per heavy atom. The fourth-order valence-electron chi connectivity index (χ4n) is 4.65. The van der Waals surface area contributed by atoms with E-state index in [0.717, 1.165) is 18.4 Å². The molecule has 0 aliphatic rings. The number of carbonyl (C=O) groups is 2. The summed E-state index contributed by atoms with van der Waals surface area (Å²) in [6.07, 6.45) is 8.71. The van der Waals surface area contributed by atoms with Gasteiger partial charge in [0.25, 0.3) is 0 Å². The molecule has 2 unspecified atom stereocenters. The summed E-state index contributed by atoms with van der Waals surface area (Å²) in [5.41, 5.74) is 2.06. The predicted molar refractivity (Wildman–Crippen MR) is 157 cm³/mol. The van der Waals surface area contributed by atoms with Crippen LogP contribution in [0.5, 0.6) is 0 Å². The summed E-state index contributed by atoms with van der Waals surface area (Å²) in [5.74, 6) is -0.894. The Bertz CT molecular complexity index is 1150. The molecule has 0 spiro atoms. The van der Waals surface area contributed by atoms with Gasteiger partial charge in [-0.05, 0) is 55.0 Å². The van der Waals surface area contributed by atoms with Gasteiger partial charge in [-0.25, -0.2) is 8.42 Å². The molecule has 0 radical (unpaired) electrons. The number of methoxy groups -OCH3 is 2. The summed E-state index contributed by atoms with van der Waals surface area (Å²) in [4.78, 5) is 23.1. The van der Waals surface area contributed by atoms with Crippen molar-refractivity contribution in [2.24, 2.45) is 0 Å². The van der Waals surface area contributed by atoms with E-state index in [1.165, 1.54) is 64.9 Å². The molecule has 0 saturated carbocycles. The zero-order chi connectivity index (χ0) is 29.4. The molecule has 2 aromatic carbocycles. The Balaban J connectivity index is 2.22. The van der Waals surface area contributed by atoms with E-state index in [9.17, 15) is 23.1 Å². The van der Waals surface area contributed by atoms with Gasteiger partial charge < -0.3 is 19.9 Å². The van der Waals surface area contributed by atoms with E-state index in [1.54, 1.807) is 24.3 Å². The monoisotopic (exact) mass is 575 g/mol. The summed E-state index contributed by atoms with van der Waals surface area (Å²) >= 11 is 0. The molecule has 222 valence electrons. The second-order valence-corrected chi connectivity index (χ2v) is 12.1. The number of unbranched alkanes of at least 4 members (excludes halogenated alkanes) is 6. The average molecular weight is 576 g/mol. The summed E-state index contributed by atoms with van der Waals surface area (Å²) < 4.78 is 37.1. The minimum absolute atomic E-state index is 0.0199. The SMILES string of the molecule is CCCCCCCCCc1ccc(C(C(O)CCCC(=O)OC)S(=O)(=O)c2cccc(NCC(=O)OC)c2)cc1. The fraction of sp³-hybridized carbons (Fsp3) is 0.548. The average Bonchev–Trinajstić information content (AvgIpc) is 2.96. The van der Waals surface area contributed by atoms with Crippen LogP contribution in [0.15, 0.2) is 53.4 Å². The lowest BCUT2D eigenvalue weighted by Crippen LogP contribution is -2.27. The maximum atomic E-state index is 13.9. The molecule has 0 amide bonds. The highest BCUT2D eigenvalue weighted by Gasteiger charge is 2.35. The molecular weight excluding hydrogens is 530 g/mol. The lowest BCUT2D eigenvalue weighted by Gasteiger charge is -2.24. The first-order valence-corrected chi connectivity index (χ1v) is 15.8. The Kier molecular flexibility index (Phi) is 14.7. The highest BCUT2D eigenvalue weighted by molar-refractivity contribution is 7.91. The van der Waals surface area contributed by atoms with Gasteiger partial charge in [0.2, 0.25) is 0 Å². The van der Waals surface area contributed by atoms with Gasteiger partial charge in [-0.3, -0.25) is 9.59 Å². The van der Waals surface area contributed by atoms with Gasteiger partial charge in [-0.15, -0.1) is 0 Å². The van der Waals surface area contributed by atoms with E-state index in [0.29, 0.717) is 11.3 Å². The topological polar surface area (TPSA) is 119 Å². The van der Waals surface area contributed by atoms with Crippen LogP contribution >= 0.6 is 0 Å². The zero-order valence-electron chi connectivity index (χ0n) is 24.1. The van der Waals surface area contributed by atoms with Crippen molar-refractivity contribution < 1.29 is 32.6 Å². The van der Waals surface area contributed by atoms with Crippen LogP contribution in [-0.2, 0) is 35.3 Å². The molecule has 2 rings (SSSR count). The van der Waals surface area contributed by atoms with Gasteiger partial charge in [-0.2, -0.15) is 0 Å². The quantitative estimate of drug-likeness (QED) is 0.160. The molecule has 0 heterocycles. The number of aliphatic hydroxyl groups excluding tert-OH is 1. The van der Waals surface area contributed by atoms with Crippen molar-refractivity contribution in [3.8, 4) is 0 Å². The van der Waals surface area contributed by atoms with Crippen molar-refractivity contribution in [1.29, 1.82) is 0 Å². The molecule has 8 nitrogen and oxygen atoms in total.